The van der Waals surface area contributed by atoms with Crippen LogP contribution in [0.2, 0.25) is 5.02 Å². The maximum atomic E-state index is 13.6. The molecule has 2 heterocycles. The molecule has 0 saturated heterocycles. The zero-order chi connectivity index (χ0) is 18.9. The lowest BCUT2D eigenvalue weighted by atomic mass is 9.49. The topological polar surface area (TPSA) is 46.9 Å². The summed E-state index contributed by atoms with van der Waals surface area (Å²) in [5.41, 5.74) is 3.03. The normalized spacial score (nSPS) is 32.5. The summed E-state index contributed by atoms with van der Waals surface area (Å²) in [6.07, 6.45) is 7.27. The number of carbonyl (C=O) groups excluding carboxylic acids is 1. The molecule has 4 saturated carbocycles. The fourth-order valence-electron chi connectivity index (χ4n) is 6.56. The second kappa shape index (κ2) is 6.27. The third-order valence-corrected chi connectivity index (χ3v) is 8.56. The zero-order valence-electron chi connectivity index (χ0n) is 15.8. The lowest BCUT2D eigenvalue weighted by Gasteiger charge is -2.55. The van der Waals surface area contributed by atoms with Crippen molar-refractivity contribution >= 4 is 35.1 Å². The van der Waals surface area contributed by atoms with Crippen molar-refractivity contribution in [1.82, 2.24) is 9.78 Å². The smallest absolute Gasteiger partial charge is 0.231 e. The van der Waals surface area contributed by atoms with Crippen molar-refractivity contribution in [3.05, 3.63) is 40.5 Å². The third-order valence-electron chi connectivity index (χ3n) is 7.36. The highest BCUT2D eigenvalue weighted by Crippen LogP contribution is 2.60. The molecule has 5 aliphatic rings. The van der Waals surface area contributed by atoms with Gasteiger partial charge in [0.1, 0.15) is 5.82 Å². The Morgan fingerprint density at radius 2 is 1.86 bits per heavy atom. The van der Waals surface area contributed by atoms with Gasteiger partial charge in [-0.1, -0.05) is 17.7 Å². The number of halogens is 1. The molecule has 0 atom stereocenters. The maximum Gasteiger partial charge on any atom is 0.231 e. The quantitative estimate of drug-likeness (QED) is 0.729. The molecule has 0 spiro atoms. The molecule has 4 bridgehead atoms. The number of thioether (sulfide) groups is 1. The zero-order valence-corrected chi connectivity index (χ0v) is 17.4. The van der Waals surface area contributed by atoms with Gasteiger partial charge in [0.15, 0.2) is 0 Å². The molecule has 146 valence electrons. The SMILES string of the molecule is O=C(Nc1c2c(nn1-c1cccc(Cl)c1)CSC2)C12CC3CC(CC(C3)C1)C2. The maximum absolute atomic E-state index is 13.6. The Labute approximate surface area is 174 Å². The first kappa shape index (κ1) is 17.4. The van der Waals surface area contributed by atoms with E-state index in [1.165, 1.54) is 24.8 Å². The van der Waals surface area contributed by atoms with Gasteiger partial charge in [0.25, 0.3) is 0 Å². The van der Waals surface area contributed by atoms with Crippen LogP contribution in [0.15, 0.2) is 24.3 Å². The minimum atomic E-state index is -0.156. The molecule has 4 aliphatic carbocycles. The summed E-state index contributed by atoms with van der Waals surface area (Å²) < 4.78 is 1.90. The van der Waals surface area contributed by atoms with Crippen molar-refractivity contribution in [3.63, 3.8) is 0 Å². The van der Waals surface area contributed by atoms with E-state index in [0.717, 1.165) is 65.7 Å². The molecule has 1 amide bonds. The lowest BCUT2D eigenvalue weighted by molar-refractivity contribution is -0.140. The van der Waals surface area contributed by atoms with E-state index in [9.17, 15) is 4.79 Å². The van der Waals surface area contributed by atoms with Gasteiger partial charge in [-0.05, 0) is 74.5 Å². The van der Waals surface area contributed by atoms with Crippen LogP contribution in [0.3, 0.4) is 0 Å². The van der Waals surface area contributed by atoms with E-state index in [0.29, 0.717) is 5.02 Å². The van der Waals surface area contributed by atoms with E-state index in [2.05, 4.69) is 5.32 Å². The molecule has 1 aromatic carbocycles. The Morgan fingerprint density at radius 1 is 1.14 bits per heavy atom. The fraction of sp³-hybridized carbons (Fsp3) is 0.545. The predicted octanol–water partition coefficient (Wildman–Crippen LogP) is 5.43. The largest absolute Gasteiger partial charge is 0.310 e. The highest BCUT2D eigenvalue weighted by atomic mass is 35.5. The average molecular weight is 414 g/mol. The van der Waals surface area contributed by atoms with Gasteiger partial charge in [-0.25, -0.2) is 4.68 Å². The number of fused-ring (bicyclic) bond motifs is 1. The second-order valence-electron chi connectivity index (χ2n) is 9.31. The molecular weight excluding hydrogens is 390 g/mol. The lowest BCUT2D eigenvalue weighted by Crippen LogP contribution is -2.52. The van der Waals surface area contributed by atoms with E-state index < -0.39 is 0 Å². The van der Waals surface area contributed by atoms with Crippen LogP contribution >= 0.6 is 23.4 Å². The number of rotatable bonds is 3. The van der Waals surface area contributed by atoms with Gasteiger partial charge in [-0.15, -0.1) is 0 Å². The molecule has 0 radical (unpaired) electrons. The first-order chi connectivity index (χ1) is 13.6. The summed E-state index contributed by atoms with van der Waals surface area (Å²) >= 11 is 8.09. The summed E-state index contributed by atoms with van der Waals surface area (Å²) in [7, 11) is 0. The molecule has 6 heteroatoms. The van der Waals surface area contributed by atoms with Gasteiger partial charge in [-0.2, -0.15) is 16.9 Å². The van der Waals surface area contributed by atoms with E-state index in [1.54, 1.807) is 0 Å². The molecule has 2 aromatic rings. The number of aromatic nitrogens is 2. The van der Waals surface area contributed by atoms with Gasteiger partial charge >= 0.3 is 0 Å². The number of carbonyl (C=O) groups is 1. The van der Waals surface area contributed by atoms with Gasteiger partial charge in [0, 0.05) is 22.1 Å². The average Bonchev–Trinajstić information content (AvgIpc) is 3.23. The van der Waals surface area contributed by atoms with Crippen LogP contribution in [0.25, 0.3) is 5.69 Å². The Balaban J connectivity index is 1.37. The molecule has 0 unspecified atom stereocenters. The van der Waals surface area contributed by atoms with E-state index >= 15 is 0 Å². The number of nitrogens with one attached hydrogen (secondary N) is 1. The number of benzene rings is 1. The van der Waals surface area contributed by atoms with Gasteiger partial charge in [-0.3, -0.25) is 4.79 Å². The van der Waals surface area contributed by atoms with Gasteiger partial charge < -0.3 is 5.32 Å². The molecule has 1 N–H and O–H groups in total. The van der Waals surface area contributed by atoms with Crippen molar-refractivity contribution in [2.24, 2.45) is 23.2 Å². The van der Waals surface area contributed by atoms with Crippen LogP contribution in [0, 0.1) is 23.2 Å². The van der Waals surface area contributed by atoms with Crippen LogP contribution in [-0.4, -0.2) is 15.7 Å². The van der Waals surface area contributed by atoms with E-state index in [4.69, 9.17) is 16.7 Å². The first-order valence-electron chi connectivity index (χ1n) is 10.4. The van der Waals surface area contributed by atoms with Crippen molar-refractivity contribution in [2.45, 2.75) is 50.0 Å². The highest BCUT2D eigenvalue weighted by molar-refractivity contribution is 7.98. The number of hydrogen-bond donors (Lipinski definition) is 1. The number of nitrogens with zero attached hydrogens (tertiary/aromatic N) is 2. The molecule has 4 fully saturated rings. The second-order valence-corrected chi connectivity index (χ2v) is 10.7. The van der Waals surface area contributed by atoms with Crippen LogP contribution < -0.4 is 5.32 Å². The van der Waals surface area contributed by atoms with Gasteiger partial charge in [0.05, 0.1) is 16.8 Å². The standard InChI is InChI=1S/C22H24ClN3OS/c23-16-2-1-3-17(7-16)26-20(18-11-28-12-19(18)25-26)24-21(27)22-8-13-4-14(9-22)6-15(5-13)10-22/h1-3,7,13-15H,4-6,8-12H2,(H,24,27). The molecule has 1 aromatic heterocycles. The number of amides is 1. The summed E-state index contributed by atoms with van der Waals surface area (Å²) in [6.45, 7) is 0. The molecule has 28 heavy (non-hydrogen) atoms. The summed E-state index contributed by atoms with van der Waals surface area (Å²) in [5, 5.41) is 8.88. The van der Waals surface area contributed by atoms with Gasteiger partial charge in [0.2, 0.25) is 5.91 Å². The predicted molar refractivity (Wildman–Crippen MR) is 113 cm³/mol. The Bertz CT molecular complexity index is 933. The summed E-state index contributed by atoms with van der Waals surface area (Å²) in [5.74, 6) is 5.19. The fourth-order valence-corrected chi connectivity index (χ4v) is 7.78. The van der Waals surface area contributed by atoms with E-state index in [-0.39, 0.29) is 11.3 Å². The molecule has 4 nitrogen and oxygen atoms in total. The molecule has 7 rings (SSSR count). The van der Waals surface area contributed by atoms with Crippen LogP contribution in [0.4, 0.5) is 5.82 Å². The Morgan fingerprint density at radius 3 is 2.54 bits per heavy atom. The highest BCUT2D eigenvalue weighted by Gasteiger charge is 2.54. The van der Waals surface area contributed by atoms with E-state index in [1.807, 2.05) is 40.7 Å². The Kier molecular flexibility index (Phi) is 3.90. The van der Waals surface area contributed by atoms with Crippen LogP contribution in [0.1, 0.15) is 49.8 Å². The van der Waals surface area contributed by atoms with Crippen LogP contribution in [-0.2, 0) is 16.3 Å². The monoisotopic (exact) mass is 413 g/mol. The number of anilines is 1. The summed E-state index contributed by atoms with van der Waals surface area (Å²) in [4.78, 5) is 13.6. The first-order valence-corrected chi connectivity index (χ1v) is 11.9. The minimum absolute atomic E-state index is 0.156. The third kappa shape index (κ3) is 2.66. The van der Waals surface area contributed by atoms with Crippen molar-refractivity contribution in [1.29, 1.82) is 0 Å². The Hall–Kier alpha value is -1.46. The van der Waals surface area contributed by atoms with Crippen molar-refractivity contribution in [3.8, 4) is 5.69 Å². The van der Waals surface area contributed by atoms with Crippen LogP contribution in [0.5, 0.6) is 0 Å². The molecular formula is C22H24ClN3OS. The van der Waals surface area contributed by atoms with Crippen molar-refractivity contribution < 1.29 is 4.79 Å². The minimum Gasteiger partial charge on any atom is -0.310 e. The summed E-state index contributed by atoms with van der Waals surface area (Å²) in [6, 6.07) is 7.72. The number of hydrogen-bond acceptors (Lipinski definition) is 3. The molecule has 1 aliphatic heterocycles. The van der Waals surface area contributed by atoms with Crippen molar-refractivity contribution in [2.75, 3.05) is 5.32 Å².